The highest BCUT2D eigenvalue weighted by Gasteiger charge is 2.11. The lowest BCUT2D eigenvalue weighted by Gasteiger charge is -2.18. The quantitative estimate of drug-likeness (QED) is 0.688. The van der Waals surface area contributed by atoms with Gasteiger partial charge in [-0.3, -0.25) is 4.79 Å². The molecule has 94 valence electrons. The summed E-state index contributed by atoms with van der Waals surface area (Å²) in [6.07, 6.45) is 0. The molecule has 0 fully saturated rings. The summed E-state index contributed by atoms with van der Waals surface area (Å²) in [5.41, 5.74) is 5.82. The Labute approximate surface area is 101 Å². The Morgan fingerprint density at radius 3 is 2.59 bits per heavy atom. The minimum absolute atomic E-state index is 0.217. The van der Waals surface area contributed by atoms with Crippen LogP contribution in [0.25, 0.3) is 0 Å². The highest BCUT2D eigenvalue weighted by molar-refractivity contribution is 5.92. The Balaban J connectivity index is 2.59. The predicted molar refractivity (Wildman–Crippen MR) is 66.8 cm³/mol. The molecule has 0 saturated heterocycles. The molecule has 1 rings (SSSR count). The highest BCUT2D eigenvalue weighted by Crippen LogP contribution is 2.04. The zero-order valence-electron chi connectivity index (χ0n) is 10.4. The average molecular weight is 237 g/mol. The van der Waals surface area contributed by atoms with Crippen LogP contribution in [-0.2, 0) is 0 Å². The normalized spacial score (nSPS) is 11.1. The first kappa shape index (κ1) is 13.4. The van der Waals surface area contributed by atoms with E-state index in [9.17, 15) is 4.79 Å². The van der Waals surface area contributed by atoms with Gasteiger partial charge in [-0.15, -0.1) is 10.2 Å². The molecule has 0 aliphatic carbocycles. The summed E-state index contributed by atoms with van der Waals surface area (Å²) in [4.78, 5) is 11.4. The molecule has 4 N–H and O–H groups in total. The molecule has 0 unspecified atom stereocenters. The third kappa shape index (κ3) is 4.78. The van der Waals surface area contributed by atoms with Crippen molar-refractivity contribution in [2.24, 2.45) is 5.73 Å². The molecule has 0 aliphatic rings. The van der Waals surface area contributed by atoms with E-state index in [1.165, 1.54) is 0 Å². The fourth-order valence-corrected chi connectivity index (χ4v) is 1.12. The minimum Gasteiger partial charge on any atom is -0.367 e. The molecular formula is C11H19N5O. The summed E-state index contributed by atoms with van der Waals surface area (Å²) in [5, 5.41) is 13.4. The Bertz CT molecular complexity index is 368. The molecule has 0 radical (unpaired) electrons. The number of amides is 1. The summed E-state index contributed by atoms with van der Waals surface area (Å²) >= 11 is 0. The third-order valence-electron chi connectivity index (χ3n) is 1.96. The summed E-state index contributed by atoms with van der Waals surface area (Å²) < 4.78 is 0. The molecular weight excluding hydrogens is 218 g/mol. The first-order valence-electron chi connectivity index (χ1n) is 5.57. The topological polar surface area (TPSA) is 92.9 Å². The first-order valence-corrected chi connectivity index (χ1v) is 5.57. The van der Waals surface area contributed by atoms with Crippen molar-refractivity contribution in [1.29, 1.82) is 0 Å². The molecule has 0 spiro atoms. The molecule has 6 nitrogen and oxygen atoms in total. The van der Waals surface area contributed by atoms with E-state index in [4.69, 9.17) is 5.73 Å². The van der Waals surface area contributed by atoms with Crippen LogP contribution in [0.4, 0.5) is 5.82 Å². The van der Waals surface area contributed by atoms with Crippen LogP contribution < -0.4 is 16.4 Å². The Hall–Kier alpha value is -1.69. The van der Waals surface area contributed by atoms with Gasteiger partial charge in [-0.05, 0) is 32.9 Å². The van der Waals surface area contributed by atoms with Crippen LogP contribution in [0.3, 0.4) is 0 Å². The van der Waals surface area contributed by atoms with Gasteiger partial charge >= 0.3 is 0 Å². The summed E-state index contributed by atoms with van der Waals surface area (Å²) in [6.45, 7) is 6.83. The van der Waals surface area contributed by atoms with Gasteiger partial charge in [0.2, 0.25) is 0 Å². The lowest BCUT2D eigenvalue weighted by Crippen LogP contribution is -2.39. The number of carbonyl (C=O) groups is 1. The Morgan fingerprint density at radius 2 is 2.12 bits per heavy atom. The average Bonchev–Trinajstić information content (AvgIpc) is 2.26. The first-order chi connectivity index (χ1) is 7.92. The van der Waals surface area contributed by atoms with Crippen LogP contribution in [-0.4, -0.2) is 34.7 Å². The molecule has 17 heavy (non-hydrogen) atoms. The second kappa shape index (κ2) is 5.58. The van der Waals surface area contributed by atoms with Crippen molar-refractivity contribution in [3.05, 3.63) is 17.8 Å². The lowest BCUT2D eigenvalue weighted by atomic mass is 10.1. The van der Waals surface area contributed by atoms with Gasteiger partial charge in [-0.25, -0.2) is 0 Å². The van der Waals surface area contributed by atoms with Crippen LogP contribution in [0.5, 0.6) is 0 Å². The van der Waals surface area contributed by atoms with E-state index >= 15 is 0 Å². The summed E-state index contributed by atoms with van der Waals surface area (Å²) in [5.74, 6) is 0.391. The summed E-state index contributed by atoms with van der Waals surface area (Å²) in [7, 11) is 0. The van der Waals surface area contributed by atoms with Crippen molar-refractivity contribution >= 4 is 11.7 Å². The maximum atomic E-state index is 11.4. The van der Waals surface area contributed by atoms with Gasteiger partial charge in [-0.1, -0.05) is 0 Å². The largest absolute Gasteiger partial charge is 0.367 e. The van der Waals surface area contributed by atoms with Crippen LogP contribution in [0.15, 0.2) is 12.1 Å². The van der Waals surface area contributed by atoms with Crippen molar-refractivity contribution < 1.29 is 4.79 Å². The van der Waals surface area contributed by atoms with Gasteiger partial charge in [0, 0.05) is 18.6 Å². The van der Waals surface area contributed by atoms with Crippen molar-refractivity contribution in [2.45, 2.75) is 26.3 Å². The van der Waals surface area contributed by atoms with Crippen molar-refractivity contribution in [3.63, 3.8) is 0 Å². The molecule has 0 aromatic carbocycles. The van der Waals surface area contributed by atoms with E-state index in [1.54, 1.807) is 12.1 Å². The van der Waals surface area contributed by atoms with Crippen LogP contribution in [0, 0.1) is 0 Å². The van der Waals surface area contributed by atoms with Gasteiger partial charge in [0.1, 0.15) is 5.82 Å². The fraction of sp³-hybridized carbons (Fsp3) is 0.545. The lowest BCUT2D eigenvalue weighted by molar-refractivity contribution is 0.0950. The van der Waals surface area contributed by atoms with Crippen LogP contribution >= 0.6 is 0 Å². The standard InChI is InChI=1S/C11H19N5O/c1-4-13-10(17)8-5-6-9(16-15-8)14-7-11(2,3)12/h5-6H,4,7,12H2,1-3H3,(H,13,17)(H,14,16). The monoisotopic (exact) mass is 237 g/mol. The number of hydrogen-bond donors (Lipinski definition) is 3. The number of anilines is 1. The molecule has 1 heterocycles. The zero-order valence-corrected chi connectivity index (χ0v) is 10.4. The minimum atomic E-state index is -0.320. The van der Waals surface area contributed by atoms with E-state index in [1.807, 2.05) is 20.8 Å². The van der Waals surface area contributed by atoms with Crippen molar-refractivity contribution in [2.75, 3.05) is 18.4 Å². The maximum Gasteiger partial charge on any atom is 0.271 e. The maximum absolute atomic E-state index is 11.4. The summed E-state index contributed by atoms with van der Waals surface area (Å²) in [6, 6.07) is 3.34. The van der Waals surface area contributed by atoms with E-state index in [-0.39, 0.29) is 11.4 Å². The molecule has 1 aromatic rings. The second-order valence-corrected chi connectivity index (χ2v) is 4.51. The van der Waals surface area contributed by atoms with Gasteiger partial charge < -0.3 is 16.4 Å². The number of nitrogens with two attached hydrogens (primary N) is 1. The molecule has 1 amide bonds. The molecule has 0 atom stereocenters. The van der Waals surface area contributed by atoms with Crippen molar-refractivity contribution in [3.8, 4) is 0 Å². The zero-order chi connectivity index (χ0) is 12.9. The van der Waals surface area contributed by atoms with E-state index in [0.29, 0.717) is 24.6 Å². The molecule has 1 aromatic heterocycles. The predicted octanol–water partition coefficient (Wildman–Crippen LogP) is 0.376. The Kier molecular flexibility index (Phi) is 4.39. The molecule has 6 heteroatoms. The SMILES string of the molecule is CCNC(=O)c1ccc(NCC(C)(C)N)nn1. The van der Waals surface area contributed by atoms with Crippen LogP contribution in [0.1, 0.15) is 31.3 Å². The molecule has 0 bridgehead atoms. The third-order valence-corrected chi connectivity index (χ3v) is 1.96. The van der Waals surface area contributed by atoms with Gasteiger partial charge in [0.05, 0.1) is 0 Å². The van der Waals surface area contributed by atoms with E-state index < -0.39 is 0 Å². The van der Waals surface area contributed by atoms with E-state index in [0.717, 1.165) is 0 Å². The fourth-order valence-electron chi connectivity index (χ4n) is 1.12. The number of nitrogens with one attached hydrogen (secondary N) is 2. The number of rotatable bonds is 5. The van der Waals surface area contributed by atoms with Gasteiger partial charge in [0.25, 0.3) is 5.91 Å². The number of hydrogen-bond acceptors (Lipinski definition) is 5. The number of carbonyl (C=O) groups excluding carboxylic acids is 1. The van der Waals surface area contributed by atoms with Crippen LogP contribution in [0.2, 0.25) is 0 Å². The smallest absolute Gasteiger partial charge is 0.271 e. The van der Waals surface area contributed by atoms with Gasteiger partial charge in [-0.2, -0.15) is 0 Å². The number of nitrogens with zero attached hydrogens (tertiary/aromatic N) is 2. The van der Waals surface area contributed by atoms with Crippen molar-refractivity contribution in [1.82, 2.24) is 15.5 Å². The van der Waals surface area contributed by atoms with E-state index in [2.05, 4.69) is 20.8 Å². The molecule has 0 saturated carbocycles. The Morgan fingerprint density at radius 1 is 1.41 bits per heavy atom. The highest BCUT2D eigenvalue weighted by atomic mass is 16.1. The number of aromatic nitrogens is 2. The van der Waals surface area contributed by atoms with Gasteiger partial charge in [0.15, 0.2) is 5.69 Å². The molecule has 0 aliphatic heterocycles. The second-order valence-electron chi connectivity index (χ2n) is 4.51.